The van der Waals surface area contributed by atoms with Crippen LogP contribution in [0.3, 0.4) is 0 Å². The Hall–Kier alpha value is -1.58. The van der Waals surface area contributed by atoms with Gasteiger partial charge in [0.25, 0.3) is 0 Å². The molecule has 1 aliphatic rings. The van der Waals surface area contributed by atoms with E-state index in [4.69, 9.17) is 20.6 Å². The summed E-state index contributed by atoms with van der Waals surface area (Å²) in [5.74, 6) is 3.24. The van der Waals surface area contributed by atoms with Gasteiger partial charge in [-0.2, -0.15) is 0 Å². The molecular formula is C19H27NO4. The van der Waals surface area contributed by atoms with Crippen molar-refractivity contribution < 1.29 is 19.3 Å². The Morgan fingerprint density at radius 3 is 3.08 bits per heavy atom. The molecule has 1 aliphatic heterocycles. The van der Waals surface area contributed by atoms with Gasteiger partial charge in [0, 0.05) is 26.2 Å². The average molecular weight is 333 g/mol. The summed E-state index contributed by atoms with van der Waals surface area (Å²) >= 11 is 0. The number of aliphatic hydroxyl groups is 1. The van der Waals surface area contributed by atoms with Crippen LogP contribution in [0.2, 0.25) is 0 Å². The first-order chi connectivity index (χ1) is 11.7. The van der Waals surface area contributed by atoms with Gasteiger partial charge in [-0.1, -0.05) is 18.1 Å². The van der Waals surface area contributed by atoms with Gasteiger partial charge in [0.05, 0.1) is 25.9 Å². The van der Waals surface area contributed by atoms with E-state index < -0.39 is 6.10 Å². The van der Waals surface area contributed by atoms with Crippen molar-refractivity contribution in [2.45, 2.75) is 31.6 Å². The number of ether oxygens (including phenoxy) is 3. The largest absolute Gasteiger partial charge is 0.497 e. The smallest absolute Gasteiger partial charge is 0.119 e. The summed E-state index contributed by atoms with van der Waals surface area (Å²) in [4.78, 5) is 2.20. The van der Waals surface area contributed by atoms with Gasteiger partial charge < -0.3 is 19.3 Å². The molecule has 0 amide bonds. The summed E-state index contributed by atoms with van der Waals surface area (Å²) < 4.78 is 16.3. The molecule has 24 heavy (non-hydrogen) atoms. The number of aliphatic hydroxyl groups excluding tert-OH is 1. The maximum atomic E-state index is 10.2. The fraction of sp³-hybridized carbons (Fsp3) is 0.579. The van der Waals surface area contributed by atoms with Crippen LogP contribution in [0.1, 0.15) is 18.4 Å². The topological polar surface area (TPSA) is 51.2 Å². The molecular weight excluding hydrogens is 306 g/mol. The highest BCUT2D eigenvalue weighted by atomic mass is 16.5. The summed E-state index contributed by atoms with van der Waals surface area (Å²) in [5, 5.41) is 10.2. The van der Waals surface area contributed by atoms with Gasteiger partial charge in [-0.3, -0.25) is 4.90 Å². The van der Waals surface area contributed by atoms with Gasteiger partial charge in [-0.15, -0.1) is 6.42 Å². The zero-order valence-corrected chi connectivity index (χ0v) is 14.3. The molecule has 0 spiro atoms. The quantitative estimate of drug-likeness (QED) is 0.522. The summed E-state index contributed by atoms with van der Waals surface area (Å²) in [6, 6.07) is 7.98. The van der Waals surface area contributed by atoms with Gasteiger partial charge >= 0.3 is 0 Å². The maximum Gasteiger partial charge on any atom is 0.119 e. The molecule has 5 heteroatoms. The van der Waals surface area contributed by atoms with Crippen LogP contribution in [0.5, 0.6) is 5.75 Å². The third kappa shape index (κ3) is 6.50. The summed E-state index contributed by atoms with van der Waals surface area (Å²) in [7, 11) is 1.66. The van der Waals surface area contributed by atoms with Crippen molar-refractivity contribution in [1.29, 1.82) is 0 Å². The molecule has 0 unspecified atom stereocenters. The van der Waals surface area contributed by atoms with E-state index in [0.29, 0.717) is 6.54 Å². The van der Waals surface area contributed by atoms with Crippen molar-refractivity contribution in [1.82, 2.24) is 4.90 Å². The summed E-state index contributed by atoms with van der Waals surface area (Å²) in [6.45, 7) is 3.32. The molecule has 0 bridgehead atoms. The Balaban J connectivity index is 1.94. The van der Waals surface area contributed by atoms with Crippen molar-refractivity contribution in [2.24, 2.45) is 0 Å². The summed E-state index contributed by atoms with van der Waals surface area (Å²) in [6.07, 6.45) is 6.98. The minimum absolute atomic E-state index is 0.221. The van der Waals surface area contributed by atoms with Crippen LogP contribution in [0.4, 0.5) is 0 Å². The normalized spacial score (nSPS) is 18.5. The predicted molar refractivity (Wildman–Crippen MR) is 92.9 cm³/mol. The van der Waals surface area contributed by atoms with Crippen molar-refractivity contribution in [3.8, 4) is 18.1 Å². The minimum Gasteiger partial charge on any atom is -0.497 e. The van der Waals surface area contributed by atoms with Gasteiger partial charge in [-0.05, 0) is 30.5 Å². The molecule has 1 fully saturated rings. The van der Waals surface area contributed by atoms with Crippen molar-refractivity contribution >= 4 is 0 Å². The predicted octanol–water partition coefficient (Wildman–Crippen LogP) is 1.69. The van der Waals surface area contributed by atoms with Gasteiger partial charge in [0.2, 0.25) is 0 Å². The molecule has 1 heterocycles. The SMILES string of the molecule is C#CCOC[C@@H](O)CN(Cc1cccc(OC)c1)C[C@H]1CCCO1. The van der Waals surface area contributed by atoms with E-state index in [2.05, 4.69) is 16.9 Å². The number of benzene rings is 1. The second-order valence-electron chi connectivity index (χ2n) is 6.05. The standard InChI is InChI=1S/C19H27NO4/c1-3-9-23-15-17(21)13-20(14-19-8-5-10-24-19)12-16-6-4-7-18(11-16)22-2/h1,4,6-7,11,17,19,21H,5,8-10,12-15H2,2H3/t17-,19+/m0/s1. The zero-order valence-electron chi connectivity index (χ0n) is 14.3. The lowest BCUT2D eigenvalue weighted by atomic mass is 10.1. The molecule has 0 aromatic heterocycles. The van der Waals surface area contributed by atoms with Crippen LogP contribution in [0, 0.1) is 12.3 Å². The van der Waals surface area contributed by atoms with Crippen molar-refractivity contribution in [3.63, 3.8) is 0 Å². The number of terminal acetylenes is 1. The van der Waals surface area contributed by atoms with E-state index >= 15 is 0 Å². The van der Waals surface area contributed by atoms with Crippen LogP contribution in [-0.4, -0.2) is 62.2 Å². The number of nitrogens with zero attached hydrogens (tertiary/aromatic N) is 1. The van der Waals surface area contributed by atoms with E-state index in [1.54, 1.807) is 7.11 Å². The molecule has 1 aromatic rings. The van der Waals surface area contributed by atoms with E-state index in [1.807, 2.05) is 18.2 Å². The van der Waals surface area contributed by atoms with E-state index in [1.165, 1.54) is 0 Å². The highest BCUT2D eigenvalue weighted by Gasteiger charge is 2.21. The fourth-order valence-corrected chi connectivity index (χ4v) is 2.91. The minimum atomic E-state index is -0.578. The molecule has 1 aromatic carbocycles. The van der Waals surface area contributed by atoms with E-state index in [9.17, 15) is 5.11 Å². The molecule has 132 valence electrons. The fourth-order valence-electron chi connectivity index (χ4n) is 2.91. The van der Waals surface area contributed by atoms with Gasteiger partial charge in [0.1, 0.15) is 12.4 Å². The van der Waals surface area contributed by atoms with Crippen molar-refractivity contribution in [2.75, 3.05) is 40.0 Å². The molecule has 0 saturated carbocycles. The van der Waals surface area contributed by atoms with Gasteiger partial charge in [0.15, 0.2) is 0 Å². The van der Waals surface area contributed by atoms with Crippen LogP contribution in [0.15, 0.2) is 24.3 Å². The second kappa shape index (κ2) is 10.3. The molecule has 1 saturated heterocycles. The maximum absolute atomic E-state index is 10.2. The lowest BCUT2D eigenvalue weighted by Crippen LogP contribution is -2.39. The lowest BCUT2D eigenvalue weighted by Gasteiger charge is -2.27. The molecule has 5 nitrogen and oxygen atoms in total. The first-order valence-electron chi connectivity index (χ1n) is 8.37. The molecule has 1 N–H and O–H groups in total. The third-order valence-corrected chi connectivity index (χ3v) is 3.99. The summed E-state index contributed by atoms with van der Waals surface area (Å²) in [5.41, 5.74) is 1.14. The second-order valence-corrected chi connectivity index (χ2v) is 6.05. The molecule has 0 aliphatic carbocycles. The monoisotopic (exact) mass is 333 g/mol. The number of methoxy groups -OCH3 is 1. The van der Waals surface area contributed by atoms with Crippen LogP contribution in [0.25, 0.3) is 0 Å². The Morgan fingerprint density at radius 2 is 2.38 bits per heavy atom. The first kappa shape index (κ1) is 18.8. The van der Waals surface area contributed by atoms with E-state index in [-0.39, 0.29) is 19.3 Å². The van der Waals surface area contributed by atoms with E-state index in [0.717, 1.165) is 43.9 Å². The van der Waals surface area contributed by atoms with Crippen LogP contribution >= 0.6 is 0 Å². The van der Waals surface area contributed by atoms with Crippen LogP contribution < -0.4 is 4.74 Å². The number of hydrogen-bond acceptors (Lipinski definition) is 5. The molecule has 2 atom stereocenters. The zero-order chi connectivity index (χ0) is 17.2. The molecule has 2 rings (SSSR count). The highest BCUT2D eigenvalue weighted by Crippen LogP contribution is 2.18. The Kier molecular flexibility index (Phi) is 8.06. The van der Waals surface area contributed by atoms with Crippen LogP contribution in [-0.2, 0) is 16.0 Å². The Morgan fingerprint density at radius 1 is 1.50 bits per heavy atom. The average Bonchev–Trinajstić information content (AvgIpc) is 3.08. The lowest BCUT2D eigenvalue weighted by molar-refractivity contribution is 0.00954. The molecule has 0 radical (unpaired) electrons. The third-order valence-electron chi connectivity index (χ3n) is 3.99. The Labute approximate surface area is 144 Å². The first-order valence-corrected chi connectivity index (χ1v) is 8.37. The number of rotatable bonds is 10. The van der Waals surface area contributed by atoms with Crippen molar-refractivity contribution in [3.05, 3.63) is 29.8 Å². The Bertz CT molecular complexity index is 522. The number of hydrogen-bond donors (Lipinski definition) is 1. The highest BCUT2D eigenvalue weighted by molar-refractivity contribution is 5.28. The van der Waals surface area contributed by atoms with Gasteiger partial charge in [-0.25, -0.2) is 0 Å².